The van der Waals surface area contributed by atoms with Crippen molar-refractivity contribution in [2.75, 3.05) is 10.7 Å². The fraction of sp³-hybridized carbons (Fsp3) is 0.154. The van der Waals surface area contributed by atoms with Gasteiger partial charge in [0.2, 0.25) is 11.8 Å². The first-order chi connectivity index (χ1) is 16.0. The Kier molecular flexibility index (Phi) is 5.64. The average molecular weight is 460 g/mol. The molecule has 1 aromatic heterocycles. The van der Waals surface area contributed by atoms with Gasteiger partial charge in [-0.2, -0.15) is 0 Å². The SMILES string of the molecule is Cn1c2c(c3ccccc31)C(C(=O)NCc1ccccc1)N(c1cccc(F)c1)C(=O)CS2. The van der Waals surface area contributed by atoms with Gasteiger partial charge in [-0.15, -0.1) is 0 Å². The van der Waals surface area contributed by atoms with Crippen molar-refractivity contribution < 1.29 is 14.0 Å². The maximum absolute atomic E-state index is 14.2. The molecule has 1 N–H and O–H groups in total. The summed E-state index contributed by atoms with van der Waals surface area (Å²) in [5, 5.41) is 4.77. The Bertz CT molecular complexity index is 1350. The standard InChI is InChI=1S/C26H22FN3O2S/c1-29-21-13-6-5-12-20(21)23-24(25(32)28-15-17-8-3-2-4-9-17)30(22(31)16-33-26(23)29)19-11-7-10-18(27)14-19/h2-14,24H,15-16H2,1H3,(H,28,32). The van der Waals surface area contributed by atoms with Gasteiger partial charge < -0.3 is 9.88 Å². The van der Waals surface area contributed by atoms with Crippen LogP contribution in [0.1, 0.15) is 17.2 Å². The van der Waals surface area contributed by atoms with Gasteiger partial charge in [0.05, 0.1) is 10.8 Å². The highest BCUT2D eigenvalue weighted by Crippen LogP contribution is 2.43. The minimum absolute atomic E-state index is 0.149. The molecule has 4 aromatic rings. The second-order valence-electron chi connectivity index (χ2n) is 7.93. The number of nitrogens with one attached hydrogen (secondary N) is 1. The van der Waals surface area contributed by atoms with Gasteiger partial charge >= 0.3 is 0 Å². The zero-order valence-electron chi connectivity index (χ0n) is 18.0. The monoisotopic (exact) mass is 459 g/mol. The molecular formula is C26H22FN3O2S. The number of thioether (sulfide) groups is 1. The first-order valence-corrected chi connectivity index (χ1v) is 11.6. The lowest BCUT2D eigenvalue weighted by Crippen LogP contribution is -2.43. The minimum Gasteiger partial charge on any atom is -0.350 e. The first kappa shape index (κ1) is 21.3. The number of carbonyl (C=O) groups excluding carboxylic acids is 2. The molecule has 0 radical (unpaired) electrons. The molecule has 0 aliphatic carbocycles. The number of nitrogens with zero attached hydrogens (tertiary/aromatic N) is 2. The van der Waals surface area contributed by atoms with Crippen molar-refractivity contribution in [3.8, 4) is 0 Å². The van der Waals surface area contributed by atoms with Crippen molar-refractivity contribution in [3.05, 3.63) is 95.8 Å². The van der Waals surface area contributed by atoms with Crippen LogP contribution in [0.25, 0.3) is 10.9 Å². The highest BCUT2D eigenvalue weighted by Gasteiger charge is 2.39. The summed E-state index contributed by atoms with van der Waals surface area (Å²) in [5.74, 6) is -0.864. The third-order valence-corrected chi connectivity index (χ3v) is 7.03. The lowest BCUT2D eigenvalue weighted by Gasteiger charge is -2.30. The molecule has 1 aliphatic rings. The molecule has 33 heavy (non-hydrogen) atoms. The summed E-state index contributed by atoms with van der Waals surface area (Å²) >= 11 is 1.41. The Morgan fingerprint density at radius 3 is 2.61 bits per heavy atom. The predicted octanol–water partition coefficient (Wildman–Crippen LogP) is 4.81. The molecule has 3 aromatic carbocycles. The van der Waals surface area contributed by atoms with Crippen LogP contribution in [0.4, 0.5) is 10.1 Å². The summed E-state index contributed by atoms with van der Waals surface area (Å²) < 4.78 is 16.2. The van der Waals surface area contributed by atoms with E-state index in [-0.39, 0.29) is 17.6 Å². The quantitative estimate of drug-likeness (QED) is 0.476. The molecule has 1 atom stereocenters. The summed E-state index contributed by atoms with van der Waals surface area (Å²) in [6.45, 7) is 0.328. The van der Waals surface area contributed by atoms with Crippen LogP contribution < -0.4 is 10.2 Å². The van der Waals surface area contributed by atoms with E-state index in [1.807, 2.05) is 66.2 Å². The Labute approximate surface area is 195 Å². The molecule has 0 fully saturated rings. The number of rotatable bonds is 4. The number of aromatic nitrogens is 1. The number of para-hydroxylation sites is 1. The normalized spacial score (nSPS) is 15.9. The van der Waals surface area contributed by atoms with Crippen LogP contribution in [-0.4, -0.2) is 22.1 Å². The molecule has 166 valence electrons. The molecule has 0 saturated heterocycles. The van der Waals surface area contributed by atoms with Crippen LogP contribution in [0.15, 0.2) is 83.9 Å². The number of amides is 2. The van der Waals surface area contributed by atoms with Gasteiger partial charge in [-0.25, -0.2) is 4.39 Å². The fourth-order valence-corrected chi connectivity index (χ4v) is 5.43. The van der Waals surface area contributed by atoms with Crippen molar-refractivity contribution in [2.24, 2.45) is 7.05 Å². The van der Waals surface area contributed by atoms with Crippen LogP contribution in [0.2, 0.25) is 0 Å². The van der Waals surface area contributed by atoms with E-state index in [4.69, 9.17) is 0 Å². The van der Waals surface area contributed by atoms with E-state index < -0.39 is 11.9 Å². The van der Waals surface area contributed by atoms with Gasteiger partial charge in [0, 0.05) is 35.7 Å². The summed E-state index contributed by atoms with van der Waals surface area (Å²) in [6, 6.07) is 22.4. The van der Waals surface area contributed by atoms with Crippen molar-refractivity contribution in [1.82, 2.24) is 9.88 Å². The van der Waals surface area contributed by atoms with Crippen LogP contribution in [0, 0.1) is 5.82 Å². The molecule has 2 amide bonds. The van der Waals surface area contributed by atoms with E-state index in [1.165, 1.54) is 28.8 Å². The lowest BCUT2D eigenvalue weighted by atomic mass is 10.0. The van der Waals surface area contributed by atoms with E-state index >= 15 is 0 Å². The largest absolute Gasteiger partial charge is 0.350 e. The zero-order chi connectivity index (χ0) is 22.9. The first-order valence-electron chi connectivity index (χ1n) is 10.6. The smallest absolute Gasteiger partial charge is 0.248 e. The third kappa shape index (κ3) is 3.89. The Hall–Kier alpha value is -3.58. The highest BCUT2D eigenvalue weighted by molar-refractivity contribution is 8.00. The number of hydrogen-bond donors (Lipinski definition) is 1. The Morgan fingerprint density at radius 2 is 1.82 bits per heavy atom. The van der Waals surface area contributed by atoms with Crippen molar-refractivity contribution >= 4 is 40.2 Å². The molecule has 2 heterocycles. The number of carbonyl (C=O) groups is 2. The maximum atomic E-state index is 14.2. The number of fused-ring (bicyclic) bond motifs is 3. The molecule has 5 rings (SSSR count). The van der Waals surface area contributed by atoms with Gasteiger partial charge in [-0.1, -0.05) is 66.4 Å². The van der Waals surface area contributed by atoms with Gasteiger partial charge in [0.1, 0.15) is 11.9 Å². The maximum Gasteiger partial charge on any atom is 0.248 e. The third-order valence-electron chi connectivity index (χ3n) is 5.87. The molecule has 0 spiro atoms. The number of anilines is 1. The van der Waals surface area contributed by atoms with Crippen LogP contribution in [-0.2, 0) is 23.2 Å². The second-order valence-corrected chi connectivity index (χ2v) is 8.90. The molecule has 1 unspecified atom stereocenters. The van der Waals surface area contributed by atoms with E-state index in [2.05, 4.69) is 5.32 Å². The minimum atomic E-state index is -0.931. The van der Waals surface area contributed by atoms with Crippen molar-refractivity contribution in [2.45, 2.75) is 17.6 Å². The second kappa shape index (κ2) is 8.75. The van der Waals surface area contributed by atoms with Crippen molar-refractivity contribution in [1.29, 1.82) is 0 Å². The zero-order valence-corrected chi connectivity index (χ0v) is 18.8. The number of benzene rings is 3. The molecule has 0 saturated carbocycles. The number of halogens is 1. The van der Waals surface area contributed by atoms with Gasteiger partial charge in [-0.05, 0) is 29.8 Å². The topological polar surface area (TPSA) is 54.3 Å². The van der Waals surface area contributed by atoms with E-state index in [1.54, 1.807) is 12.1 Å². The van der Waals surface area contributed by atoms with Crippen LogP contribution >= 0.6 is 11.8 Å². The number of aryl methyl sites for hydroxylation is 1. The summed E-state index contributed by atoms with van der Waals surface area (Å²) in [4.78, 5) is 28.5. The van der Waals surface area contributed by atoms with E-state index in [0.29, 0.717) is 12.2 Å². The Morgan fingerprint density at radius 1 is 1.06 bits per heavy atom. The van der Waals surface area contributed by atoms with Crippen molar-refractivity contribution in [3.63, 3.8) is 0 Å². The van der Waals surface area contributed by atoms with Gasteiger partial charge in [-0.3, -0.25) is 14.5 Å². The summed E-state index contributed by atoms with van der Waals surface area (Å²) in [6.07, 6.45) is 0. The molecular weight excluding hydrogens is 437 g/mol. The summed E-state index contributed by atoms with van der Waals surface area (Å²) in [5.41, 5.74) is 3.06. The predicted molar refractivity (Wildman–Crippen MR) is 129 cm³/mol. The number of hydrogen-bond acceptors (Lipinski definition) is 3. The molecule has 5 nitrogen and oxygen atoms in total. The van der Waals surface area contributed by atoms with Gasteiger partial charge in [0.25, 0.3) is 0 Å². The lowest BCUT2D eigenvalue weighted by molar-refractivity contribution is -0.125. The Balaban J connectivity index is 1.66. The van der Waals surface area contributed by atoms with E-state index in [0.717, 1.165) is 27.1 Å². The van der Waals surface area contributed by atoms with E-state index in [9.17, 15) is 14.0 Å². The van der Waals surface area contributed by atoms with Crippen LogP contribution in [0.3, 0.4) is 0 Å². The fourth-order valence-electron chi connectivity index (χ4n) is 4.36. The average Bonchev–Trinajstić information content (AvgIpc) is 3.00. The molecule has 1 aliphatic heterocycles. The highest BCUT2D eigenvalue weighted by atomic mass is 32.2. The summed E-state index contributed by atoms with van der Waals surface area (Å²) in [7, 11) is 1.94. The molecule has 0 bridgehead atoms. The molecule has 7 heteroatoms. The van der Waals surface area contributed by atoms with Crippen LogP contribution in [0.5, 0.6) is 0 Å². The van der Waals surface area contributed by atoms with Gasteiger partial charge in [0.15, 0.2) is 0 Å².